The van der Waals surface area contributed by atoms with E-state index in [4.69, 9.17) is 14.2 Å². The lowest BCUT2D eigenvalue weighted by Crippen LogP contribution is -2.23. The van der Waals surface area contributed by atoms with Crippen LogP contribution >= 0.6 is 11.3 Å². The van der Waals surface area contributed by atoms with Crippen LogP contribution in [0.1, 0.15) is 21.6 Å². The summed E-state index contributed by atoms with van der Waals surface area (Å²) in [6, 6.07) is 19.4. The predicted molar refractivity (Wildman–Crippen MR) is 122 cm³/mol. The fourth-order valence-corrected chi connectivity index (χ4v) is 4.13. The summed E-state index contributed by atoms with van der Waals surface area (Å²) in [5, 5.41) is 5.29. The highest BCUT2D eigenvalue weighted by molar-refractivity contribution is 7.13. The summed E-state index contributed by atoms with van der Waals surface area (Å²) in [7, 11) is 0. The molecule has 1 N–H and O–H groups in total. The van der Waals surface area contributed by atoms with Gasteiger partial charge in [0.05, 0.1) is 0 Å². The molecule has 8 heteroatoms. The Bertz CT molecular complexity index is 1310. The van der Waals surface area contributed by atoms with Crippen molar-refractivity contribution in [1.29, 1.82) is 0 Å². The third-order valence-electron chi connectivity index (χ3n) is 5.06. The van der Waals surface area contributed by atoms with Gasteiger partial charge in [0.2, 0.25) is 6.79 Å². The van der Waals surface area contributed by atoms with Crippen LogP contribution in [0.15, 0.2) is 72.1 Å². The minimum Gasteiger partial charge on any atom is -0.489 e. The molecular weight excluding hydrogens is 443 g/mol. The molecule has 4 aromatic rings. The monoisotopic (exact) mass is 462 g/mol. The Hall–Kier alpha value is -3.91. The Morgan fingerprint density at radius 1 is 1.06 bits per heavy atom. The van der Waals surface area contributed by atoms with Gasteiger partial charge in [0.1, 0.15) is 28.9 Å². The first-order chi connectivity index (χ1) is 16.2. The molecular formula is C25H19FN2O4S. The summed E-state index contributed by atoms with van der Waals surface area (Å²) >= 11 is 1.37. The van der Waals surface area contributed by atoms with Crippen molar-refractivity contribution in [2.75, 3.05) is 6.79 Å². The number of hydrogen-bond acceptors (Lipinski definition) is 6. The van der Waals surface area contributed by atoms with E-state index < -0.39 is 0 Å². The molecule has 0 saturated heterocycles. The van der Waals surface area contributed by atoms with Gasteiger partial charge in [0, 0.05) is 23.1 Å². The minimum absolute atomic E-state index is 0.126. The molecule has 0 atom stereocenters. The largest absolute Gasteiger partial charge is 0.489 e. The van der Waals surface area contributed by atoms with Crippen LogP contribution in [0.2, 0.25) is 0 Å². The van der Waals surface area contributed by atoms with Gasteiger partial charge in [-0.05, 0) is 35.9 Å². The van der Waals surface area contributed by atoms with E-state index in [0.717, 1.165) is 11.1 Å². The maximum Gasteiger partial charge on any atom is 0.271 e. The molecule has 33 heavy (non-hydrogen) atoms. The highest BCUT2D eigenvalue weighted by Crippen LogP contribution is 2.32. The van der Waals surface area contributed by atoms with E-state index in [-0.39, 0.29) is 25.1 Å². The van der Waals surface area contributed by atoms with Crippen LogP contribution in [-0.4, -0.2) is 17.7 Å². The summed E-state index contributed by atoms with van der Waals surface area (Å²) in [6.07, 6.45) is 0. The maximum absolute atomic E-state index is 13.8. The number of halogens is 1. The standard InChI is InChI=1S/C25H19FN2O4S/c26-20-7-2-1-4-18(20)13-30-19-6-3-5-17(11-19)25-28-21(14-33-25)24(29)27-12-16-8-9-22-23(10-16)32-15-31-22/h1-11,14H,12-13,15H2,(H,27,29). The zero-order chi connectivity index (χ0) is 22.6. The lowest BCUT2D eigenvalue weighted by molar-refractivity contribution is 0.0946. The van der Waals surface area contributed by atoms with Crippen LogP contribution in [0.4, 0.5) is 4.39 Å². The van der Waals surface area contributed by atoms with Gasteiger partial charge in [0.15, 0.2) is 11.5 Å². The molecule has 166 valence electrons. The molecule has 0 unspecified atom stereocenters. The van der Waals surface area contributed by atoms with E-state index in [9.17, 15) is 9.18 Å². The van der Waals surface area contributed by atoms with Crippen LogP contribution in [0.3, 0.4) is 0 Å². The van der Waals surface area contributed by atoms with Gasteiger partial charge in [-0.2, -0.15) is 0 Å². The third-order valence-corrected chi connectivity index (χ3v) is 5.95. The average Bonchev–Trinajstić information content (AvgIpc) is 3.52. The number of carbonyl (C=O) groups is 1. The normalized spacial score (nSPS) is 11.9. The second kappa shape index (κ2) is 9.30. The molecule has 0 radical (unpaired) electrons. The van der Waals surface area contributed by atoms with Gasteiger partial charge in [-0.25, -0.2) is 9.37 Å². The molecule has 0 bridgehead atoms. The second-order valence-corrected chi connectivity index (χ2v) is 8.17. The lowest BCUT2D eigenvalue weighted by atomic mass is 10.2. The van der Waals surface area contributed by atoms with Crippen LogP contribution in [-0.2, 0) is 13.2 Å². The number of ether oxygens (including phenoxy) is 3. The Morgan fingerprint density at radius 3 is 2.85 bits per heavy atom. The van der Waals surface area contributed by atoms with Gasteiger partial charge < -0.3 is 19.5 Å². The zero-order valence-electron chi connectivity index (χ0n) is 17.4. The van der Waals surface area contributed by atoms with Crippen LogP contribution < -0.4 is 19.5 Å². The number of nitrogens with zero attached hydrogens (tertiary/aromatic N) is 1. The van der Waals surface area contributed by atoms with Crippen molar-refractivity contribution in [3.05, 3.63) is 94.7 Å². The smallest absolute Gasteiger partial charge is 0.271 e. The molecule has 3 aromatic carbocycles. The Labute approximate surface area is 193 Å². The highest BCUT2D eigenvalue weighted by Gasteiger charge is 2.15. The molecule has 1 amide bonds. The van der Waals surface area contributed by atoms with Crippen molar-refractivity contribution in [3.8, 4) is 27.8 Å². The molecule has 0 saturated carbocycles. The van der Waals surface area contributed by atoms with Crippen LogP contribution in [0.25, 0.3) is 10.6 Å². The molecule has 2 heterocycles. The topological polar surface area (TPSA) is 69.7 Å². The molecule has 5 rings (SSSR count). The van der Waals surface area contributed by atoms with Gasteiger partial charge >= 0.3 is 0 Å². The number of amides is 1. The van der Waals surface area contributed by atoms with Crippen molar-refractivity contribution in [2.24, 2.45) is 0 Å². The van der Waals surface area contributed by atoms with Gasteiger partial charge in [0.25, 0.3) is 5.91 Å². The van der Waals surface area contributed by atoms with Crippen LogP contribution in [0.5, 0.6) is 17.2 Å². The highest BCUT2D eigenvalue weighted by atomic mass is 32.1. The molecule has 0 fully saturated rings. The number of fused-ring (bicyclic) bond motifs is 1. The van der Waals surface area contributed by atoms with Crippen molar-refractivity contribution in [1.82, 2.24) is 10.3 Å². The number of nitrogens with one attached hydrogen (secondary N) is 1. The van der Waals surface area contributed by atoms with Crippen molar-refractivity contribution in [2.45, 2.75) is 13.2 Å². The van der Waals surface area contributed by atoms with Gasteiger partial charge in [-0.1, -0.05) is 36.4 Å². The first kappa shape index (κ1) is 21.0. The lowest BCUT2D eigenvalue weighted by Gasteiger charge is -2.08. The number of thiazole rings is 1. The molecule has 1 aromatic heterocycles. The van der Waals surface area contributed by atoms with Gasteiger partial charge in [-0.15, -0.1) is 11.3 Å². The van der Waals surface area contributed by atoms with E-state index in [2.05, 4.69) is 10.3 Å². The summed E-state index contributed by atoms with van der Waals surface area (Å²) in [4.78, 5) is 17.0. The van der Waals surface area contributed by atoms with Gasteiger partial charge in [-0.3, -0.25) is 4.79 Å². The predicted octanol–water partition coefficient (Wildman–Crippen LogP) is 5.19. The average molecular weight is 463 g/mol. The van der Waals surface area contributed by atoms with Crippen molar-refractivity contribution >= 4 is 17.2 Å². The molecule has 1 aliphatic rings. The number of carbonyl (C=O) groups excluding carboxylic acids is 1. The summed E-state index contributed by atoms with van der Waals surface area (Å²) in [5.41, 5.74) is 2.55. The number of benzene rings is 3. The van der Waals surface area contributed by atoms with Crippen LogP contribution in [0, 0.1) is 5.82 Å². The van der Waals surface area contributed by atoms with Crippen molar-refractivity contribution in [3.63, 3.8) is 0 Å². The van der Waals surface area contributed by atoms with E-state index in [0.29, 0.717) is 40.1 Å². The first-order valence-corrected chi connectivity index (χ1v) is 11.1. The molecule has 1 aliphatic heterocycles. The third kappa shape index (κ3) is 4.80. The molecule has 6 nitrogen and oxygen atoms in total. The summed E-state index contributed by atoms with van der Waals surface area (Å²) in [5.74, 6) is 1.41. The number of rotatable bonds is 7. The molecule has 0 spiro atoms. The zero-order valence-corrected chi connectivity index (χ0v) is 18.2. The second-order valence-electron chi connectivity index (χ2n) is 7.32. The quantitative estimate of drug-likeness (QED) is 0.410. The van der Waals surface area contributed by atoms with E-state index in [1.165, 1.54) is 17.4 Å². The summed E-state index contributed by atoms with van der Waals surface area (Å²) < 4.78 is 30.2. The Kier molecular flexibility index (Phi) is 5.91. The Balaban J connectivity index is 1.22. The van der Waals surface area contributed by atoms with E-state index >= 15 is 0 Å². The first-order valence-electron chi connectivity index (χ1n) is 10.2. The van der Waals surface area contributed by atoms with E-state index in [1.54, 1.807) is 29.6 Å². The van der Waals surface area contributed by atoms with Crippen molar-refractivity contribution < 1.29 is 23.4 Å². The minimum atomic E-state index is -0.301. The number of aromatic nitrogens is 1. The number of hydrogen-bond donors (Lipinski definition) is 1. The maximum atomic E-state index is 13.8. The Morgan fingerprint density at radius 2 is 1.94 bits per heavy atom. The summed E-state index contributed by atoms with van der Waals surface area (Å²) in [6.45, 7) is 0.686. The fraction of sp³-hybridized carbons (Fsp3) is 0.120. The SMILES string of the molecule is O=C(NCc1ccc2c(c1)OCO2)c1csc(-c2cccc(OCc3ccccc3F)c2)n1. The van der Waals surface area contributed by atoms with E-state index in [1.807, 2.05) is 36.4 Å². The fourth-order valence-electron chi connectivity index (χ4n) is 3.33. The molecule has 0 aliphatic carbocycles.